The summed E-state index contributed by atoms with van der Waals surface area (Å²) in [4.78, 5) is 3.87. The molecule has 1 aliphatic rings. The molecule has 0 N–H and O–H groups in total. The van der Waals surface area contributed by atoms with Crippen LogP contribution in [0.3, 0.4) is 0 Å². The minimum atomic E-state index is 0. The zero-order chi connectivity index (χ0) is 8.65. The van der Waals surface area contributed by atoms with E-state index in [0.29, 0.717) is 0 Å². The molecule has 0 bridgehead atoms. The van der Waals surface area contributed by atoms with Crippen LogP contribution < -0.4 is 37.2 Å². The fourth-order valence-electron chi connectivity index (χ4n) is 0.738. The van der Waals surface area contributed by atoms with Crippen molar-refractivity contribution in [1.82, 2.24) is 4.98 Å². The third kappa shape index (κ3) is 14.1. The number of pyridine rings is 1. The SMILES string of the molecule is [C-]1=CC=CC1.[CH2-]c1ccccn1.[Cl-].[Cl-].[Cl-].[Ti+3]. The van der Waals surface area contributed by atoms with Gasteiger partial charge in [-0.3, -0.25) is 11.1 Å². The second-order valence-corrected chi connectivity index (χ2v) is 2.32. The van der Waals surface area contributed by atoms with Crippen LogP contribution in [0.2, 0.25) is 0 Å². The average Bonchev–Trinajstić information content (AvgIpc) is 2.62. The molecule has 0 aliphatic heterocycles. The molecule has 0 amide bonds. The third-order valence-corrected chi connectivity index (χ3v) is 1.31. The maximum atomic E-state index is 3.87. The summed E-state index contributed by atoms with van der Waals surface area (Å²) in [5.74, 6) is 0. The smallest absolute Gasteiger partial charge is 1.00 e. The van der Waals surface area contributed by atoms with E-state index in [1.807, 2.05) is 30.4 Å². The maximum Gasteiger partial charge on any atom is 3.00 e. The number of nitrogens with zero attached hydrogens (tertiary/aromatic N) is 1. The Morgan fingerprint density at radius 2 is 1.88 bits per heavy atom. The predicted octanol–water partition coefficient (Wildman–Crippen LogP) is -6.42. The van der Waals surface area contributed by atoms with Crippen molar-refractivity contribution in [2.75, 3.05) is 0 Å². The number of hydrogen-bond acceptors (Lipinski definition) is 1. The van der Waals surface area contributed by atoms with Gasteiger partial charge in [-0.2, -0.15) is 12.1 Å². The fraction of sp³-hybridized carbons (Fsp3) is 0.0909. The summed E-state index contributed by atoms with van der Waals surface area (Å²) in [6, 6.07) is 5.64. The number of hydrogen-bond donors (Lipinski definition) is 0. The van der Waals surface area contributed by atoms with Crippen LogP contribution in [-0.4, -0.2) is 4.98 Å². The zero-order valence-corrected chi connectivity index (χ0v) is 12.4. The van der Waals surface area contributed by atoms with Gasteiger partial charge in [0.15, 0.2) is 0 Å². The molecule has 0 saturated heterocycles. The summed E-state index contributed by atoms with van der Waals surface area (Å²) in [5, 5.41) is 0. The molecule has 1 aromatic heterocycles. The molecular formula is C11H11Cl3NTi-2. The van der Waals surface area contributed by atoms with E-state index in [1.165, 1.54) is 0 Å². The molecule has 0 spiro atoms. The summed E-state index contributed by atoms with van der Waals surface area (Å²) in [5.41, 5.74) is 0.822. The van der Waals surface area contributed by atoms with E-state index in [1.54, 1.807) is 6.20 Å². The minimum absolute atomic E-state index is 0. The summed E-state index contributed by atoms with van der Waals surface area (Å²) in [6.45, 7) is 3.61. The van der Waals surface area contributed by atoms with Gasteiger partial charge in [-0.25, -0.2) is 19.1 Å². The van der Waals surface area contributed by atoms with Gasteiger partial charge in [0.1, 0.15) is 0 Å². The first-order valence-corrected chi connectivity index (χ1v) is 3.84. The standard InChI is InChI=1S/C6H6N.C5H5.3ClH.Ti/c1-6-4-2-3-5-7-6;1-2-4-5-3-1;;;;/h2-5H,1H2;1-3H,4H2;3*1H;/q2*-1;;;;+3/p-3. The van der Waals surface area contributed by atoms with Crippen LogP contribution in [0, 0.1) is 13.0 Å². The molecule has 2 rings (SSSR count). The van der Waals surface area contributed by atoms with Crippen molar-refractivity contribution in [3.05, 3.63) is 61.3 Å². The van der Waals surface area contributed by atoms with Gasteiger partial charge in [-0.15, -0.1) is 18.2 Å². The Morgan fingerprint density at radius 1 is 1.19 bits per heavy atom. The van der Waals surface area contributed by atoms with Crippen molar-refractivity contribution in [2.45, 2.75) is 6.42 Å². The van der Waals surface area contributed by atoms with Crippen molar-refractivity contribution in [3.63, 3.8) is 0 Å². The Hall–Kier alpha value is 0.0843. The van der Waals surface area contributed by atoms with Crippen LogP contribution >= 0.6 is 0 Å². The Balaban J connectivity index is -0.0000000739. The van der Waals surface area contributed by atoms with E-state index in [2.05, 4.69) is 24.1 Å². The fourth-order valence-corrected chi connectivity index (χ4v) is 0.738. The van der Waals surface area contributed by atoms with E-state index in [4.69, 9.17) is 0 Å². The molecule has 1 radical (unpaired) electrons. The van der Waals surface area contributed by atoms with Crippen molar-refractivity contribution in [2.24, 2.45) is 0 Å². The van der Waals surface area contributed by atoms with Gasteiger partial charge in [-0.05, 0) is 0 Å². The second kappa shape index (κ2) is 17.5. The molecule has 87 valence electrons. The molecule has 0 atom stereocenters. The van der Waals surface area contributed by atoms with Crippen LogP contribution in [0.4, 0.5) is 0 Å². The Bertz CT molecular complexity index is 266. The van der Waals surface area contributed by atoms with Gasteiger partial charge in [0.05, 0.1) is 0 Å². The molecular weight excluding hydrogens is 300 g/mol. The van der Waals surface area contributed by atoms with Crippen molar-refractivity contribution in [3.8, 4) is 0 Å². The Kier molecular flexibility index (Phi) is 27.4. The average molecular weight is 311 g/mol. The molecule has 5 heteroatoms. The Morgan fingerprint density at radius 3 is 2.06 bits per heavy atom. The van der Waals surface area contributed by atoms with Crippen LogP contribution in [0.15, 0.2) is 42.6 Å². The minimum Gasteiger partial charge on any atom is -1.00 e. The van der Waals surface area contributed by atoms with Gasteiger partial charge < -0.3 is 37.2 Å². The molecule has 1 heterocycles. The van der Waals surface area contributed by atoms with E-state index >= 15 is 0 Å². The van der Waals surface area contributed by atoms with Crippen molar-refractivity contribution >= 4 is 0 Å². The molecule has 16 heavy (non-hydrogen) atoms. The van der Waals surface area contributed by atoms with Crippen LogP contribution in [0.1, 0.15) is 12.1 Å². The Labute approximate surface area is 131 Å². The topological polar surface area (TPSA) is 12.9 Å². The molecule has 0 fully saturated rings. The van der Waals surface area contributed by atoms with Crippen molar-refractivity contribution in [1.29, 1.82) is 0 Å². The zero-order valence-electron chi connectivity index (χ0n) is 8.54. The first-order valence-electron chi connectivity index (χ1n) is 3.84. The van der Waals surface area contributed by atoms with Crippen LogP contribution in [-0.2, 0) is 21.7 Å². The summed E-state index contributed by atoms with van der Waals surface area (Å²) in [7, 11) is 0. The van der Waals surface area contributed by atoms with Gasteiger partial charge in [-0.1, -0.05) is 6.07 Å². The molecule has 1 aromatic rings. The first-order chi connectivity index (χ1) is 5.89. The van der Waals surface area contributed by atoms with Gasteiger partial charge in [0.2, 0.25) is 0 Å². The van der Waals surface area contributed by atoms with Gasteiger partial charge in [0.25, 0.3) is 0 Å². The summed E-state index contributed by atoms with van der Waals surface area (Å²) >= 11 is 0. The normalized spacial score (nSPS) is 9.25. The van der Waals surface area contributed by atoms with E-state index in [0.717, 1.165) is 12.1 Å². The number of halogens is 3. The van der Waals surface area contributed by atoms with E-state index in [-0.39, 0.29) is 58.9 Å². The molecule has 0 aromatic carbocycles. The molecule has 0 unspecified atom stereocenters. The first kappa shape index (κ1) is 25.1. The summed E-state index contributed by atoms with van der Waals surface area (Å²) < 4.78 is 0. The van der Waals surface area contributed by atoms with Crippen molar-refractivity contribution < 1.29 is 58.9 Å². The number of aromatic nitrogens is 1. The largest absolute Gasteiger partial charge is 3.00 e. The van der Waals surface area contributed by atoms with E-state index < -0.39 is 0 Å². The number of rotatable bonds is 0. The van der Waals surface area contributed by atoms with Crippen LogP contribution in [0.25, 0.3) is 0 Å². The van der Waals surface area contributed by atoms with Gasteiger partial charge >= 0.3 is 21.7 Å². The third-order valence-electron chi connectivity index (χ3n) is 1.31. The monoisotopic (exact) mass is 310 g/mol. The maximum absolute atomic E-state index is 3.87. The van der Waals surface area contributed by atoms with Crippen LogP contribution in [0.5, 0.6) is 0 Å². The van der Waals surface area contributed by atoms with Gasteiger partial charge in [0, 0.05) is 6.20 Å². The van der Waals surface area contributed by atoms with E-state index in [9.17, 15) is 0 Å². The number of allylic oxidation sites excluding steroid dienone is 4. The molecule has 1 aliphatic carbocycles. The molecule has 0 saturated carbocycles. The second-order valence-electron chi connectivity index (χ2n) is 2.32. The molecule has 1 nitrogen and oxygen atoms in total. The quantitative estimate of drug-likeness (QED) is 0.343. The predicted molar refractivity (Wildman–Crippen MR) is 50.3 cm³/mol. The summed E-state index contributed by atoms with van der Waals surface area (Å²) in [6.07, 6.45) is 11.7.